The zero-order valence-corrected chi connectivity index (χ0v) is 16.5. The lowest BCUT2D eigenvalue weighted by atomic mass is 10.0. The van der Waals surface area contributed by atoms with Gasteiger partial charge in [0.2, 0.25) is 0 Å². The lowest BCUT2D eigenvalue weighted by Gasteiger charge is -2.08. The molecule has 0 saturated carbocycles. The van der Waals surface area contributed by atoms with E-state index in [-0.39, 0.29) is 11.3 Å². The van der Waals surface area contributed by atoms with E-state index in [1.54, 1.807) is 36.4 Å². The number of anilines is 1. The van der Waals surface area contributed by atoms with Crippen molar-refractivity contribution in [1.82, 2.24) is 0 Å². The van der Waals surface area contributed by atoms with Crippen molar-refractivity contribution >= 4 is 23.4 Å². The van der Waals surface area contributed by atoms with Crippen LogP contribution in [-0.2, 0) is 4.79 Å². The normalized spacial score (nSPS) is 11.2. The molecule has 0 atom stereocenters. The number of nitriles is 1. The average molecular weight is 401 g/mol. The summed E-state index contributed by atoms with van der Waals surface area (Å²) < 4.78 is 5.65. The maximum atomic E-state index is 12.4. The standard InChI is InChI=1S/C23H19N3O4/c1-15(2)16-6-8-19(9-7-16)25-23(27)18(14-24)13-21-10-11-22(30-21)17-4-3-5-20(12-17)26(28)29/h3-13,15H,1-2H3,(H,25,27). The summed E-state index contributed by atoms with van der Waals surface area (Å²) in [6.07, 6.45) is 1.33. The molecular weight excluding hydrogens is 382 g/mol. The molecule has 0 saturated heterocycles. The van der Waals surface area contributed by atoms with Crippen LogP contribution in [0, 0.1) is 21.4 Å². The molecule has 7 heteroatoms. The summed E-state index contributed by atoms with van der Waals surface area (Å²) >= 11 is 0. The highest BCUT2D eigenvalue weighted by atomic mass is 16.6. The monoisotopic (exact) mass is 401 g/mol. The fourth-order valence-corrected chi connectivity index (χ4v) is 2.80. The van der Waals surface area contributed by atoms with Crippen LogP contribution in [0.4, 0.5) is 11.4 Å². The third-order valence-corrected chi connectivity index (χ3v) is 4.46. The Hall–Kier alpha value is -4.18. The second kappa shape index (κ2) is 8.88. The van der Waals surface area contributed by atoms with Crippen LogP contribution in [0.2, 0.25) is 0 Å². The molecule has 1 amide bonds. The first kappa shape index (κ1) is 20.6. The van der Waals surface area contributed by atoms with Crippen molar-refractivity contribution < 1.29 is 14.1 Å². The molecule has 2 aromatic carbocycles. The minimum Gasteiger partial charge on any atom is -0.457 e. The number of nitro benzene ring substituents is 1. The molecule has 0 aliphatic carbocycles. The van der Waals surface area contributed by atoms with Gasteiger partial charge < -0.3 is 9.73 Å². The van der Waals surface area contributed by atoms with Crippen molar-refractivity contribution in [1.29, 1.82) is 5.26 Å². The number of hydrogen-bond acceptors (Lipinski definition) is 5. The van der Waals surface area contributed by atoms with Crippen molar-refractivity contribution in [3.8, 4) is 17.4 Å². The van der Waals surface area contributed by atoms with Crippen LogP contribution in [0.15, 0.2) is 70.7 Å². The highest BCUT2D eigenvalue weighted by Gasteiger charge is 2.13. The number of furan rings is 1. The van der Waals surface area contributed by atoms with Gasteiger partial charge in [-0.2, -0.15) is 5.26 Å². The minimum atomic E-state index is -0.553. The number of nitro groups is 1. The average Bonchev–Trinajstić information content (AvgIpc) is 3.21. The van der Waals surface area contributed by atoms with Crippen LogP contribution in [0.25, 0.3) is 17.4 Å². The van der Waals surface area contributed by atoms with Gasteiger partial charge in [0.1, 0.15) is 23.2 Å². The third kappa shape index (κ3) is 4.80. The maximum absolute atomic E-state index is 12.4. The van der Waals surface area contributed by atoms with Crippen LogP contribution in [-0.4, -0.2) is 10.8 Å². The number of nitrogens with one attached hydrogen (secondary N) is 1. The van der Waals surface area contributed by atoms with Crippen molar-refractivity contribution in [3.63, 3.8) is 0 Å². The van der Waals surface area contributed by atoms with Crippen LogP contribution < -0.4 is 5.32 Å². The van der Waals surface area contributed by atoms with Gasteiger partial charge >= 0.3 is 0 Å². The third-order valence-electron chi connectivity index (χ3n) is 4.46. The summed E-state index contributed by atoms with van der Waals surface area (Å²) in [5.74, 6) is 0.511. The van der Waals surface area contributed by atoms with Gasteiger partial charge in [0, 0.05) is 29.5 Å². The fraction of sp³-hybridized carbons (Fsp3) is 0.130. The Balaban J connectivity index is 1.78. The number of rotatable bonds is 6. The van der Waals surface area contributed by atoms with E-state index in [1.165, 1.54) is 18.2 Å². The van der Waals surface area contributed by atoms with E-state index in [0.717, 1.165) is 5.56 Å². The lowest BCUT2D eigenvalue weighted by molar-refractivity contribution is -0.384. The van der Waals surface area contributed by atoms with Crippen LogP contribution in [0.3, 0.4) is 0 Å². The topological polar surface area (TPSA) is 109 Å². The van der Waals surface area contributed by atoms with Gasteiger partial charge in [-0.05, 0) is 35.7 Å². The van der Waals surface area contributed by atoms with E-state index >= 15 is 0 Å². The summed E-state index contributed by atoms with van der Waals surface area (Å²) in [7, 11) is 0. The smallest absolute Gasteiger partial charge is 0.270 e. The SMILES string of the molecule is CC(C)c1ccc(NC(=O)C(C#N)=Cc2ccc(-c3cccc([N+](=O)[O-])c3)o2)cc1. The van der Waals surface area contributed by atoms with E-state index in [9.17, 15) is 20.2 Å². The van der Waals surface area contributed by atoms with Gasteiger partial charge in [-0.3, -0.25) is 14.9 Å². The van der Waals surface area contributed by atoms with Crippen molar-refractivity contribution in [2.75, 3.05) is 5.32 Å². The number of carbonyl (C=O) groups is 1. The molecule has 3 rings (SSSR count). The molecule has 0 aliphatic heterocycles. The molecule has 30 heavy (non-hydrogen) atoms. The maximum Gasteiger partial charge on any atom is 0.270 e. The van der Waals surface area contributed by atoms with Crippen LogP contribution >= 0.6 is 0 Å². The number of nitrogens with zero attached hydrogens (tertiary/aromatic N) is 2. The molecule has 0 fully saturated rings. The predicted octanol–water partition coefficient (Wildman–Crippen LogP) is 5.52. The molecule has 0 radical (unpaired) electrons. The zero-order chi connectivity index (χ0) is 21.7. The van der Waals surface area contributed by atoms with Crippen molar-refractivity contribution in [3.05, 3.63) is 87.7 Å². The molecule has 1 N–H and O–H groups in total. The van der Waals surface area contributed by atoms with E-state index in [2.05, 4.69) is 19.2 Å². The second-order valence-electron chi connectivity index (χ2n) is 6.91. The van der Waals surface area contributed by atoms with Crippen molar-refractivity contribution in [2.24, 2.45) is 0 Å². The van der Waals surface area contributed by atoms with Gasteiger partial charge in [-0.25, -0.2) is 0 Å². The minimum absolute atomic E-state index is 0.0541. The number of amides is 1. The number of non-ortho nitro benzene ring substituents is 1. The van der Waals surface area contributed by atoms with E-state index in [1.807, 2.05) is 18.2 Å². The Morgan fingerprint density at radius 1 is 1.17 bits per heavy atom. The van der Waals surface area contributed by atoms with Crippen LogP contribution in [0.1, 0.15) is 31.1 Å². The summed E-state index contributed by atoms with van der Waals surface area (Å²) in [5, 5.41) is 23.0. The summed E-state index contributed by atoms with van der Waals surface area (Å²) in [5.41, 5.74) is 2.08. The molecule has 1 aromatic heterocycles. The molecule has 150 valence electrons. The first-order chi connectivity index (χ1) is 14.4. The molecule has 0 aliphatic rings. The van der Waals surface area contributed by atoms with Gasteiger partial charge in [-0.1, -0.05) is 38.1 Å². The summed E-state index contributed by atoms with van der Waals surface area (Å²) in [6, 6.07) is 18.5. The first-order valence-corrected chi connectivity index (χ1v) is 9.25. The summed E-state index contributed by atoms with van der Waals surface area (Å²) in [6.45, 7) is 4.16. The van der Waals surface area contributed by atoms with Gasteiger partial charge in [0.15, 0.2) is 0 Å². The van der Waals surface area contributed by atoms with Gasteiger partial charge in [0.25, 0.3) is 11.6 Å². The first-order valence-electron chi connectivity index (χ1n) is 9.25. The quantitative estimate of drug-likeness (QED) is 0.253. The Morgan fingerprint density at radius 2 is 1.90 bits per heavy atom. The van der Waals surface area contributed by atoms with Gasteiger partial charge in [-0.15, -0.1) is 0 Å². The number of carbonyl (C=O) groups excluding carboxylic acids is 1. The second-order valence-corrected chi connectivity index (χ2v) is 6.91. The zero-order valence-electron chi connectivity index (χ0n) is 16.5. The molecular formula is C23H19N3O4. The molecule has 0 spiro atoms. The molecule has 3 aromatic rings. The molecule has 1 heterocycles. The molecule has 0 unspecified atom stereocenters. The Morgan fingerprint density at radius 3 is 2.53 bits per heavy atom. The van der Waals surface area contributed by atoms with Gasteiger partial charge in [0.05, 0.1) is 4.92 Å². The highest BCUT2D eigenvalue weighted by molar-refractivity contribution is 6.09. The predicted molar refractivity (Wildman–Crippen MR) is 114 cm³/mol. The number of hydrogen-bond donors (Lipinski definition) is 1. The Bertz CT molecular complexity index is 1150. The van der Waals surface area contributed by atoms with E-state index in [4.69, 9.17) is 4.42 Å². The largest absolute Gasteiger partial charge is 0.457 e. The number of benzene rings is 2. The summed E-state index contributed by atoms with van der Waals surface area (Å²) in [4.78, 5) is 22.9. The Labute approximate surface area is 173 Å². The van der Waals surface area contributed by atoms with E-state index < -0.39 is 10.8 Å². The highest BCUT2D eigenvalue weighted by Crippen LogP contribution is 2.26. The Kier molecular flexibility index (Phi) is 6.08. The van der Waals surface area contributed by atoms with E-state index in [0.29, 0.717) is 28.7 Å². The molecule has 7 nitrogen and oxygen atoms in total. The fourth-order valence-electron chi connectivity index (χ4n) is 2.80. The van der Waals surface area contributed by atoms with Crippen molar-refractivity contribution in [2.45, 2.75) is 19.8 Å². The lowest BCUT2D eigenvalue weighted by Crippen LogP contribution is -2.13. The van der Waals surface area contributed by atoms with Crippen LogP contribution in [0.5, 0.6) is 0 Å². The molecule has 0 bridgehead atoms.